The molecule has 0 saturated heterocycles. The van der Waals surface area contributed by atoms with E-state index in [1.54, 1.807) is 6.42 Å². The van der Waals surface area contributed by atoms with Crippen molar-refractivity contribution in [3.8, 4) is 0 Å². The lowest BCUT2D eigenvalue weighted by Crippen LogP contribution is -2.54. The maximum atomic E-state index is 4.06. The van der Waals surface area contributed by atoms with Gasteiger partial charge in [0, 0.05) is 12.2 Å². The molecule has 0 aromatic carbocycles. The molecule has 172 valence electrons. The molecule has 4 aliphatic carbocycles. The monoisotopic (exact) mass is 413 g/mol. The molecule has 4 fully saturated rings. The van der Waals surface area contributed by atoms with Gasteiger partial charge in [-0.2, -0.15) is 0 Å². The molecule has 0 radical (unpaired) electrons. The van der Waals surface area contributed by atoms with E-state index in [2.05, 4.69) is 53.4 Å². The van der Waals surface area contributed by atoms with Gasteiger partial charge in [-0.3, -0.25) is 0 Å². The van der Waals surface area contributed by atoms with Crippen LogP contribution in [0.1, 0.15) is 112 Å². The Morgan fingerprint density at radius 2 is 1.70 bits per heavy atom. The largest absolute Gasteiger partial charge is 0.389 e. The third-order valence-corrected chi connectivity index (χ3v) is 11.4. The molecule has 0 heterocycles. The molecule has 1 N–H and O–H groups in total. The first-order valence-corrected chi connectivity index (χ1v) is 13.5. The zero-order valence-electron chi connectivity index (χ0n) is 21.2. The second-order valence-electron chi connectivity index (χ2n) is 13.3. The lowest BCUT2D eigenvalue weighted by atomic mass is 9.42. The van der Waals surface area contributed by atoms with E-state index in [-0.39, 0.29) is 0 Å². The van der Waals surface area contributed by atoms with Crippen LogP contribution in [0.5, 0.6) is 0 Å². The van der Waals surface area contributed by atoms with Gasteiger partial charge in [0.15, 0.2) is 0 Å². The molecule has 1 heteroatoms. The Morgan fingerprint density at radius 3 is 2.40 bits per heavy atom. The van der Waals surface area contributed by atoms with Crippen molar-refractivity contribution in [3.63, 3.8) is 0 Å². The molecule has 0 spiro atoms. The lowest BCUT2D eigenvalue weighted by Gasteiger charge is -2.62. The molecule has 0 aromatic rings. The van der Waals surface area contributed by atoms with Crippen LogP contribution >= 0.6 is 0 Å². The fourth-order valence-electron chi connectivity index (χ4n) is 9.81. The van der Waals surface area contributed by atoms with E-state index < -0.39 is 0 Å². The summed E-state index contributed by atoms with van der Waals surface area (Å²) in [6.45, 7) is 20.2. The molecule has 4 aliphatic rings. The minimum atomic E-state index is 0.589. The number of hydrogen-bond acceptors (Lipinski definition) is 1. The normalized spacial score (nSPS) is 48.9. The van der Waals surface area contributed by atoms with Crippen molar-refractivity contribution in [2.45, 2.75) is 112 Å². The van der Waals surface area contributed by atoms with Gasteiger partial charge in [0.05, 0.1) is 0 Å². The topological polar surface area (TPSA) is 12.0 Å². The summed E-state index contributed by atoms with van der Waals surface area (Å²) in [7, 11) is 0. The van der Waals surface area contributed by atoms with E-state index in [1.807, 2.05) is 0 Å². The Bertz CT molecular complexity index is 638. The smallest absolute Gasteiger partial charge is 0.0172 e. The minimum absolute atomic E-state index is 0.589. The summed E-state index contributed by atoms with van der Waals surface area (Å²) in [5, 5.41) is 3.56. The van der Waals surface area contributed by atoms with Crippen LogP contribution in [0.25, 0.3) is 0 Å². The van der Waals surface area contributed by atoms with E-state index in [0.29, 0.717) is 16.2 Å². The first-order valence-electron chi connectivity index (χ1n) is 13.5. The van der Waals surface area contributed by atoms with E-state index in [1.165, 1.54) is 64.2 Å². The van der Waals surface area contributed by atoms with Crippen LogP contribution in [-0.4, -0.2) is 6.54 Å². The molecule has 30 heavy (non-hydrogen) atoms. The SMILES string of the molecule is C=C(C)NC[C@@H](C)C1CCC2C3CCC4C[C@@](C)(CCC)CCC4(C)C3CCC21C. The minimum Gasteiger partial charge on any atom is -0.389 e. The van der Waals surface area contributed by atoms with Gasteiger partial charge in [-0.1, -0.05) is 47.6 Å². The quantitative estimate of drug-likeness (QED) is 0.462. The summed E-state index contributed by atoms with van der Waals surface area (Å²) in [4.78, 5) is 0. The predicted octanol–water partition coefficient (Wildman–Crippen LogP) is 8.21. The molecule has 4 saturated carbocycles. The van der Waals surface area contributed by atoms with Gasteiger partial charge in [-0.15, -0.1) is 0 Å². The Kier molecular flexibility index (Phi) is 6.17. The highest BCUT2D eigenvalue weighted by atomic mass is 14.9. The lowest BCUT2D eigenvalue weighted by molar-refractivity contribution is -0.132. The van der Waals surface area contributed by atoms with Gasteiger partial charge < -0.3 is 5.32 Å². The summed E-state index contributed by atoms with van der Waals surface area (Å²) in [6.07, 6.45) is 16.4. The van der Waals surface area contributed by atoms with E-state index in [4.69, 9.17) is 0 Å². The summed E-state index contributed by atoms with van der Waals surface area (Å²) in [6, 6.07) is 0. The van der Waals surface area contributed by atoms with Crippen molar-refractivity contribution in [1.82, 2.24) is 5.32 Å². The van der Waals surface area contributed by atoms with Gasteiger partial charge >= 0.3 is 0 Å². The van der Waals surface area contributed by atoms with Crippen molar-refractivity contribution in [1.29, 1.82) is 0 Å². The molecule has 4 rings (SSSR count). The maximum Gasteiger partial charge on any atom is 0.0172 e. The number of fused-ring (bicyclic) bond motifs is 5. The summed E-state index contributed by atoms with van der Waals surface area (Å²) >= 11 is 0. The molecule has 9 atom stereocenters. The Morgan fingerprint density at radius 1 is 0.967 bits per heavy atom. The molecule has 0 bridgehead atoms. The fraction of sp³-hybridized carbons (Fsp3) is 0.931. The fourth-order valence-corrected chi connectivity index (χ4v) is 9.81. The highest BCUT2D eigenvalue weighted by Crippen LogP contribution is 2.69. The van der Waals surface area contributed by atoms with Crippen LogP contribution in [0.3, 0.4) is 0 Å². The summed E-state index contributed by atoms with van der Waals surface area (Å²) in [5.41, 5.74) is 3.00. The highest BCUT2D eigenvalue weighted by molar-refractivity contribution is 5.10. The highest BCUT2D eigenvalue weighted by Gasteiger charge is 2.61. The average Bonchev–Trinajstić information content (AvgIpc) is 3.04. The van der Waals surface area contributed by atoms with Crippen LogP contribution in [0.2, 0.25) is 0 Å². The summed E-state index contributed by atoms with van der Waals surface area (Å²) < 4.78 is 0. The second-order valence-corrected chi connectivity index (χ2v) is 13.3. The Balaban J connectivity index is 1.49. The van der Waals surface area contributed by atoms with Crippen LogP contribution in [0.15, 0.2) is 12.3 Å². The first-order chi connectivity index (χ1) is 14.1. The average molecular weight is 414 g/mol. The number of allylic oxidation sites excluding steroid dienone is 1. The van der Waals surface area contributed by atoms with Crippen LogP contribution in [0, 0.1) is 51.8 Å². The van der Waals surface area contributed by atoms with Crippen molar-refractivity contribution in [2.75, 3.05) is 6.54 Å². The van der Waals surface area contributed by atoms with E-state index in [0.717, 1.165) is 47.7 Å². The Labute approximate surface area is 188 Å². The van der Waals surface area contributed by atoms with Crippen molar-refractivity contribution >= 4 is 0 Å². The van der Waals surface area contributed by atoms with Crippen molar-refractivity contribution < 1.29 is 0 Å². The van der Waals surface area contributed by atoms with Crippen LogP contribution < -0.4 is 5.32 Å². The van der Waals surface area contributed by atoms with Gasteiger partial charge in [0.2, 0.25) is 0 Å². The number of rotatable bonds is 6. The molecule has 0 aliphatic heterocycles. The molecular weight excluding hydrogens is 362 g/mol. The second kappa shape index (κ2) is 8.15. The third-order valence-electron chi connectivity index (χ3n) is 11.4. The van der Waals surface area contributed by atoms with Gasteiger partial charge in [-0.25, -0.2) is 0 Å². The first kappa shape index (κ1) is 22.7. The van der Waals surface area contributed by atoms with Crippen molar-refractivity contribution in [2.24, 2.45) is 51.8 Å². The summed E-state index contributed by atoms with van der Waals surface area (Å²) in [5.74, 6) is 5.71. The van der Waals surface area contributed by atoms with Gasteiger partial charge in [-0.05, 0) is 123 Å². The third kappa shape index (κ3) is 3.69. The molecule has 1 nitrogen and oxygen atoms in total. The van der Waals surface area contributed by atoms with Gasteiger partial charge in [0.1, 0.15) is 0 Å². The zero-order valence-corrected chi connectivity index (χ0v) is 21.2. The maximum absolute atomic E-state index is 4.06. The zero-order chi connectivity index (χ0) is 21.7. The number of hydrogen-bond donors (Lipinski definition) is 1. The van der Waals surface area contributed by atoms with Crippen LogP contribution in [0.4, 0.5) is 0 Å². The molecular formula is C29H51N. The Hall–Kier alpha value is -0.460. The predicted molar refractivity (Wildman–Crippen MR) is 130 cm³/mol. The molecule has 7 unspecified atom stereocenters. The molecule has 0 amide bonds. The van der Waals surface area contributed by atoms with E-state index >= 15 is 0 Å². The standard InChI is InChI=1S/C29H51N/c1-8-14-27(5)16-17-28(6)22(18-27)9-10-23-25-12-11-24(21(4)19-30-20(2)3)29(25,7)15-13-26(23)28/h21-26,30H,2,8-19H2,1,3-7H3/t21-,22?,23?,24?,25?,26?,27+,28?,29?/m1/s1. The number of nitrogens with one attached hydrogen (secondary N) is 1. The van der Waals surface area contributed by atoms with Gasteiger partial charge in [0.25, 0.3) is 0 Å². The van der Waals surface area contributed by atoms with E-state index in [9.17, 15) is 0 Å². The van der Waals surface area contributed by atoms with Crippen LogP contribution in [-0.2, 0) is 0 Å². The van der Waals surface area contributed by atoms with Crippen molar-refractivity contribution in [3.05, 3.63) is 12.3 Å². The molecule has 0 aromatic heterocycles.